The van der Waals surface area contributed by atoms with Gasteiger partial charge in [0.2, 0.25) is 0 Å². The molecule has 0 saturated carbocycles. The Hall–Kier alpha value is -3.14. The van der Waals surface area contributed by atoms with Crippen molar-refractivity contribution in [3.8, 4) is 11.5 Å². The number of hydrogen-bond donors (Lipinski definition) is 0. The Balaban J connectivity index is 0.000000240. The van der Waals surface area contributed by atoms with Gasteiger partial charge in [0.05, 0.1) is 0 Å². The summed E-state index contributed by atoms with van der Waals surface area (Å²) in [5, 5.41) is 0. The van der Waals surface area contributed by atoms with Gasteiger partial charge in [-0.3, -0.25) is 0 Å². The molecule has 0 bridgehead atoms. The van der Waals surface area contributed by atoms with E-state index in [0.29, 0.717) is 11.5 Å². The minimum atomic E-state index is -0.427. The molecule has 0 aliphatic carbocycles. The van der Waals surface area contributed by atoms with E-state index < -0.39 is 11.9 Å². The molecular weight excluding hydrogens is 304 g/mol. The van der Waals surface area contributed by atoms with E-state index in [9.17, 15) is 9.59 Å². The number of para-hydroxylation sites is 2. The minimum Gasteiger partial charge on any atom is -0.423 e. The molecule has 0 aromatic heterocycles. The summed E-state index contributed by atoms with van der Waals surface area (Å²) in [6.07, 6.45) is 2.29. The van der Waals surface area contributed by atoms with E-state index in [1.165, 1.54) is 0 Å². The third-order valence-electron chi connectivity index (χ3n) is 2.94. The minimum absolute atomic E-state index is 0.427. The number of rotatable bonds is 4. The number of carbonyl (C=O) groups is 2. The molecule has 0 unspecified atom stereocenters. The van der Waals surface area contributed by atoms with E-state index in [1.54, 1.807) is 12.1 Å². The highest BCUT2D eigenvalue weighted by Gasteiger charge is 2.01. The monoisotopic (exact) mass is 324 g/mol. The summed E-state index contributed by atoms with van der Waals surface area (Å²) in [6, 6.07) is 14.7. The smallest absolute Gasteiger partial charge is 0.335 e. The lowest BCUT2D eigenvalue weighted by atomic mass is 10.2. The fourth-order valence-electron chi connectivity index (χ4n) is 1.64. The molecule has 24 heavy (non-hydrogen) atoms. The van der Waals surface area contributed by atoms with Crippen molar-refractivity contribution in [2.75, 3.05) is 0 Å². The Morgan fingerprint density at radius 1 is 0.750 bits per heavy atom. The van der Waals surface area contributed by atoms with Gasteiger partial charge >= 0.3 is 11.9 Å². The number of carbonyl (C=O) groups excluding carboxylic acids is 2. The van der Waals surface area contributed by atoms with Crippen LogP contribution in [-0.4, -0.2) is 11.9 Å². The van der Waals surface area contributed by atoms with E-state index in [0.717, 1.165) is 23.3 Å². The van der Waals surface area contributed by atoms with Gasteiger partial charge in [-0.1, -0.05) is 49.6 Å². The van der Waals surface area contributed by atoms with Crippen molar-refractivity contribution in [3.63, 3.8) is 0 Å². The van der Waals surface area contributed by atoms with Crippen molar-refractivity contribution in [3.05, 3.63) is 85.0 Å². The fraction of sp³-hybridized carbons (Fsp3) is 0.100. The molecule has 0 atom stereocenters. The molecule has 0 N–H and O–H groups in total. The maximum Gasteiger partial charge on any atom is 0.335 e. The summed E-state index contributed by atoms with van der Waals surface area (Å²) in [5.41, 5.74) is 1.88. The van der Waals surface area contributed by atoms with Crippen molar-refractivity contribution in [2.45, 2.75) is 13.8 Å². The zero-order valence-electron chi connectivity index (χ0n) is 13.8. The molecule has 0 saturated heterocycles. The first-order valence-electron chi connectivity index (χ1n) is 7.27. The summed E-state index contributed by atoms with van der Waals surface area (Å²) in [7, 11) is 0. The van der Waals surface area contributed by atoms with Crippen LogP contribution in [0.2, 0.25) is 0 Å². The highest BCUT2D eigenvalue weighted by Crippen LogP contribution is 2.16. The predicted molar refractivity (Wildman–Crippen MR) is 94.0 cm³/mol. The number of aryl methyl sites for hydroxylation is 2. The Labute approximate surface area is 142 Å². The van der Waals surface area contributed by atoms with E-state index >= 15 is 0 Å². The maximum atomic E-state index is 10.8. The van der Waals surface area contributed by atoms with E-state index in [2.05, 4.69) is 13.2 Å². The van der Waals surface area contributed by atoms with Gasteiger partial charge in [0.25, 0.3) is 0 Å². The van der Waals surface area contributed by atoms with E-state index in [1.807, 2.05) is 50.2 Å². The standard InChI is InChI=1S/2C10H10O2/c2*1-3-10(11)12-9-7-5-4-6-8(9)2/h2*3-7H,1H2,2H3. The number of benzene rings is 2. The third-order valence-corrected chi connectivity index (χ3v) is 2.94. The van der Waals surface area contributed by atoms with Crippen LogP contribution >= 0.6 is 0 Å². The van der Waals surface area contributed by atoms with Crippen LogP contribution in [0, 0.1) is 13.8 Å². The van der Waals surface area contributed by atoms with Gasteiger partial charge in [0, 0.05) is 12.2 Å². The quantitative estimate of drug-likeness (QED) is 0.481. The lowest BCUT2D eigenvalue weighted by Crippen LogP contribution is -2.03. The maximum absolute atomic E-state index is 10.8. The Bertz CT molecular complexity index is 668. The van der Waals surface area contributed by atoms with Crippen molar-refractivity contribution in [1.29, 1.82) is 0 Å². The summed E-state index contributed by atoms with van der Waals surface area (Å²) >= 11 is 0. The van der Waals surface area contributed by atoms with Gasteiger partial charge in [-0.2, -0.15) is 0 Å². The van der Waals surface area contributed by atoms with Gasteiger partial charge < -0.3 is 9.47 Å². The SMILES string of the molecule is C=CC(=O)Oc1ccccc1C.C=CC(=O)Oc1ccccc1C. The van der Waals surface area contributed by atoms with E-state index in [4.69, 9.17) is 9.47 Å². The molecular formula is C20H20O4. The summed E-state index contributed by atoms with van der Waals surface area (Å²) in [6.45, 7) is 10.4. The Kier molecular flexibility index (Phi) is 7.71. The van der Waals surface area contributed by atoms with Crippen LogP contribution in [0.1, 0.15) is 11.1 Å². The van der Waals surface area contributed by atoms with Gasteiger partial charge in [-0.15, -0.1) is 0 Å². The zero-order chi connectivity index (χ0) is 17.9. The van der Waals surface area contributed by atoms with E-state index in [-0.39, 0.29) is 0 Å². The van der Waals surface area contributed by atoms with Crippen LogP contribution < -0.4 is 9.47 Å². The second-order valence-corrected chi connectivity index (χ2v) is 4.78. The molecule has 124 valence electrons. The summed E-state index contributed by atoms with van der Waals surface area (Å²) < 4.78 is 9.87. The molecule has 0 aliphatic heterocycles. The topological polar surface area (TPSA) is 52.6 Å². The number of hydrogen-bond acceptors (Lipinski definition) is 4. The molecule has 0 heterocycles. The van der Waals surface area contributed by atoms with Gasteiger partial charge in [-0.05, 0) is 37.1 Å². The Morgan fingerprint density at radius 2 is 1.08 bits per heavy atom. The zero-order valence-corrected chi connectivity index (χ0v) is 13.8. The molecule has 0 amide bonds. The first-order chi connectivity index (χ1) is 11.5. The number of ether oxygens (including phenoxy) is 2. The van der Waals surface area contributed by atoms with Crippen LogP contribution in [-0.2, 0) is 9.59 Å². The van der Waals surface area contributed by atoms with Gasteiger partial charge in [-0.25, -0.2) is 9.59 Å². The van der Waals surface area contributed by atoms with Gasteiger partial charge in [0.1, 0.15) is 11.5 Å². The van der Waals surface area contributed by atoms with Gasteiger partial charge in [0.15, 0.2) is 0 Å². The molecule has 2 aromatic rings. The fourth-order valence-corrected chi connectivity index (χ4v) is 1.64. The Morgan fingerprint density at radius 3 is 1.38 bits per heavy atom. The molecule has 0 radical (unpaired) electrons. The average molecular weight is 324 g/mol. The second-order valence-electron chi connectivity index (χ2n) is 4.78. The summed E-state index contributed by atoms with van der Waals surface area (Å²) in [4.78, 5) is 21.6. The third kappa shape index (κ3) is 6.32. The van der Waals surface area contributed by atoms with Crippen molar-refractivity contribution < 1.29 is 19.1 Å². The van der Waals surface area contributed by atoms with Crippen molar-refractivity contribution >= 4 is 11.9 Å². The molecule has 2 aromatic carbocycles. The van der Waals surface area contributed by atoms with Crippen LogP contribution in [0.3, 0.4) is 0 Å². The molecule has 0 fully saturated rings. The van der Waals surface area contributed by atoms with Crippen LogP contribution in [0.15, 0.2) is 73.8 Å². The summed E-state index contributed by atoms with van der Waals surface area (Å²) in [5.74, 6) is 0.318. The molecule has 0 aliphatic rings. The molecule has 4 heteroatoms. The lowest BCUT2D eigenvalue weighted by molar-refractivity contribution is -0.129. The lowest BCUT2D eigenvalue weighted by Gasteiger charge is -2.03. The first kappa shape index (κ1) is 18.9. The molecule has 0 spiro atoms. The molecule has 2 rings (SSSR count). The average Bonchev–Trinajstić information content (AvgIpc) is 2.59. The van der Waals surface area contributed by atoms with Crippen LogP contribution in [0.25, 0.3) is 0 Å². The highest BCUT2D eigenvalue weighted by atomic mass is 16.5. The van der Waals surface area contributed by atoms with Crippen molar-refractivity contribution in [1.82, 2.24) is 0 Å². The first-order valence-corrected chi connectivity index (χ1v) is 7.27. The van der Waals surface area contributed by atoms with Crippen molar-refractivity contribution in [2.24, 2.45) is 0 Å². The largest absolute Gasteiger partial charge is 0.423 e. The van der Waals surface area contributed by atoms with Crippen LogP contribution in [0.5, 0.6) is 11.5 Å². The highest BCUT2D eigenvalue weighted by molar-refractivity contribution is 5.84. The van der Waals surface area contributed by atoms with Crippen LogP contribution in [0.4, 0.5) is 0 Å². The predicted octanol–water partition coefficient (Wildman–Crippen LogP) is 4.17. The normalized spacial score (nSPS) is 9.08. The molecule has 4 nitrogen and oxygen atoms in total. The second kappa shape index (κ2) is 9.79. The number of esters is 2.